The van der Waals surface area contributed by atoms with Gasteiger partial charge in [-0.2, -0.15) is 8.42 Å². The van der Waals surface area contributed by atoms with Crippen molar-refractivity contribution in [2.45, 2.75) is 31.9 Å². The van der Waals surface area contributed by atoms with Gasteiger partial charge in [-0.15, -0.1) is 0 Å². The number of alkyl carbamates (subject to hydrolysis) is 1. The first-order valence-corrected chi connectivity index (χ1v) is 13.1. The second-order valence-electron chi connectivity index (χ2n) is 8.28. The summed E-state index contributed by atoms with van der Waals surface area (Å²) in [6, 6.07) is 18.7. The van der Waals surface area contributed by atoms with Gasteiger partial charge in [0.15, 0.2) is 0 Å². The third-order valence-electron chi connectivity index (χ3n) is 5.57. The number of nitrogens with two attached hydrogens (primary N) is 1. The van der Waals surface area contributed by atoms with E-state index in [1.807, 2.05) is 60.7 Å². The number of benzene rings is 2. The summed E-state index contributed by atoms with van der Waals surface area (Å²) in [5.41, 5.74) is 4.51. The Hall–Kier alpha value is -3.80. The molecule has 1 amide bonds. The molecule has 0 radical (unpaired) electrons. The van der Waals surface area contributed by atoms with Crippen molar-refractivity contribution < 1.29 is 17.9 Å². The summed E-state index contributed by atoms with van der Waals surface area (Å²) < 4.78 is 29.8. The number of H-pyrrole nitrogens is 1. The number of hydrogen-bond donors (Lipinski definition) is 4. The van der Waals surface area contributed by atoms with E-state index < -0.39 is 22.3 Å². The van der Waals surface area contributed by atoms with E-state index >= 15 is 0 Å². The Balaban J connectivity index is 1.47. The molecule has 0 unspecified atom stereocenters. The molecule has 0 saturated heterocycles. The quantitative estimate of drug-likeness (QED) is 0.227. The normalized spacial score (nSPS) is 12.4. The van der Waals surface area contributed by atoms with E-state index in [0.717, 1.165) is 27.7 Å². The number of carbonyl (C=O) groups is 1. The maximum Gasteiger partial charge on any atom is 0.408 e. The summed E-state index contributed by atoms with van der Waals surface area (Å²) in [6.07, 6.45) is 4.59. The van der Waals surface area contributed by atoms with Crippen molar-refractivity contribution in [3.05, 3.63) is 84.4 Å². The van der Waals surface area contributed by atoms with Crippen LogP contribution in [0.3, 0.4) is 0 Å². The monoisotopic (exact) mass is 508 g/mol. The van der Waals surface area contributed by atoms with Crippen molar-refractivity contribution in [3.63, 3.8) is 0 Å². The lowest BCUT2D eigenvalue weighted by Gasteiger charge is -2.17. The number of aromatic nitrogens is 3. The van der Waals surface area contributed by atoms with Crippen molar-refractivity contribution in [2.75, 3.05) is 6.54 Å². The van der Waals surface area contributed by atoms with E-state index in [2.05, 4.69) is 20.0 Å². The number of carbonyl (C=O) groups excluding carboxylic acids is 1. The van der Waals surface area contributed by atoms with E-state index in [1.165, 1.54) is 0 Å². The molecule has 10 nitrogen and oxygen atoms in total. The number of nitrogens with zero attached hydrogens (tertiary/aromatic N) is 2. The summed E-state index contributed by atoms with van der Waals surface area (Å²) in [5, 5.41) is 7.87. The predicted molar refractivity (Wildman–Crippen MR) is 137 cm³/mol. The summed E-state index contributed by atoms with van der Waals surface area (Å²) in [6.45, 7) is 0.354. The van der Waals surface area contributed by atoms with Gasteiger partial charge in [0.1, 0.15) is 12.4 Å². The Morgan fingerprint density at radius 1 is 1.03 bits per heavy atom. The van der Waals surface area contributed by atoms with Gasteiger partial charge in [-0.3, -0.25) is 4.98 Å². The highest BCUT2D eigenvalue weighted by atomic mass is 32.2. The third kappa shape index (κ3) is 7.35. The molecule has 4 aromatic rings. The van der Waals surface area contributed by atoms with Gasteiger partial charge < -0.3 is 15.0 Å². The minimum absolute atomic E-state index is 0.146. The topological polar surface area (TPSA) is 152 Å². The number of aromatic amines is 1. The third-order valence-corrected chi connectivity index (χ3v) is 6.18. The molecule has 2 aromatic heterocycles. The number of hydrogen-bond acceptors (Lipinski definition) is 6. The zero-order chi connectivity index (χ0) is 25.4. The van der Waals surface area contributed by atoms with Crippen molar-refractivity contribution in [1.82, 2.24) is 25.0 Å². The van der Waals surface area contributed by atoms with Gasteiger partial charge in [0.05, 0.1) is 17.1 Å². The van der Waals surface area contributed by atoms with Crippen LogP contribution in [0.2, 0.25) is 0 Å². The number of ether oxygens (including phenoxy) is 1. The summed E-state index contributed by atoms with van der Waals surface area (Å²) in [5.74, 6) is 0.591. The van der Waals surface area contributed by atoms with Crippen LogP contribution in [0.15, 0.2) is 73.1 Å². The molecule has 36 heavy (non-hydrogen) atoms. The zero-order valence-electron chi connectivity index (χ0n) is 19.6. The highest BCUT2D eigenvalue weighted by molar-refractivity contribution is 7.87. The molecule has 0 aliphatic rings. The molecule has 11 heteroatoms. The van der Waals surface area contributed by atoms with Gasteiger partial charge in [-0.25, -0.2) is 19.6 Å². The number of pyridine rings is 1. The Morgan fingerprint density at radius 2 is 1.81 bits per heavy atom. The van der Waals surface area contributed by atoms with Crippen LogP contribution in [0.1, 0.15) is 36.7 Å². The molecule has 2 aromatic carbocycles. The lowest BCUT2D eigenvalue weighted by atomic mass is 10.1. The maximum absolute atomic E-state index is 12.6. The fourth-order valence-corrected chi connectivity index (χ4v) is 4.22. The molecule has 2 heterocycles. The van der Waals surface area contributed by atoms with Gasteiger partial charge in [-0.1, -0.05) is 36.4 Å². The first kappa shape index (κ1) is 25.3. The largest absolute Gasteiger partial charge is 0.445 e. The Kier molecular flexibility index (Phi) is 8.26. The zero-order valence-corrected chi connectivity index (χ0v) is 20.4. The van der Waals surface area contributed by atoms with Crippen LogP contribution in [-0.4, -0.2) is 36.0 Å². The minimum Gasteiger partial charge on any atom is -0.445 e. The highest BCUT2D eigenvalue weighted by Gasteiger charge is 2.19. The molecular formula is C25H28N6O4S. The SMILES string of the molecule is NS(=O)(=O)NCCCC[C@H](NC(=O)OCc1ccccc1)c1nc2cc(-c3ccncc3)ccc2[nH]1. The average Bonchev–Trinajstić information content (AvgIpc) is 3.30. The van der Waals surface area contributed by atoms with Gasteiger partial charge in [0, 0.05) is 18.9 Å². The van der Waals surface area contributed by atoms with Crippen LogP contribution < -0.4 is 15.2 Å². The van der Waals surface area contributed by atoms with Crippen LogP contribution in [0.5, 0.6) is 0 Å². The molecule has 4 rings (SSSR count). The fraction of sp³-hybridized carbons (Fsp3) is 0.240. The first-order chi connectivity index (χ1) is 17.4. The smallest absolute Gasteiger partial charge is 0.408 e. The van der Waals surface area contributed by atoms with E-state index in [-0.39, 0.29) is 13.2 Å². The molecule has 0 aliphatic heterocycles. The first-order valence-electron chi connectivity index (χ1n) is 11.5. The number of amides is 1. The van der Waals surface area contributed by atoms with Gasteiger partial charge in [0.2, 0.25) is 0 Å². The average molecular weight is 509 g/mol. The molecule has 188 valence electrons. The Bertz CT molecular complexity index is 1390. The van der Waals surface area contributed by atoms with Crippen molar-refractivity contribution in [1.29, 1.82) is 0 Å². The lowest BCUT2D eigenvalue weighted by molar-refractivity contribution is 0.134. The van der Waals surface area contributed by atoms with Crippen LogP contribution in [0, 0.1) is 0 Å². The van der Waals surface area contributed by atoms with E-state index in [0.29, 0.717) is 25.1 Å². The molecule has 0 bridgehead atoms. The lowest BCUT2D eigenvalue weighted by Crippen LogP contribution is -2.32. The van der Waals surface area contributed by atoms with E-state index in [9.17, 15) is 13.2 Å². The molecule has 0 saturated carbocycles. The number of nitrogens with one attached hydrogen (secondary N) is 3. The molecule has 5 N–H and O–H groups in total. The summed E-state index contributed by atoms with van der Waals surface area (Å²) in [7, 11) is -3.74. The van der Waals surface area contributed by atoms with Crippen molar-refractivity contribution in [3.8, 4) is 11.1 Å². The maximum atomic E-state index is 12.6. The number of fused-ring (bicyclic) bond motifs is 1. The molecule has 1 atom stereocenters. The summed E-state index contributed by atoms with van der Waals surface area (Å²) >= 11 is 0. The molecule has 0 aliphatic carbocycles. The minimum atomic E-state index is -3.74. The second-order valence-corrected chi connectivity index (χ2v) is 9.66. The predicted octanol–water partition coefficient (Wildman–Crippen LogP) is 3.56. The molecule has 0 fully saturated rings. The number of imidazole rings is 1. The highest BCUT2D eigenvalue weighted by Crippen LogP contribution is 2.25. The van der Waals surface area contributed by atoms with Crippen molar-refractivity contribution in [2.24, 2.45) is 5.14 Å². The summed E-state index contributed by atoms with van der Waals surface area (Å²) in [4.78, 5) is 24.7. The second kappa shape index (κ2) is 11.8. The van der Waals surface area contributed by atoms with Crippen LogP contribution in [0.25, 0.3) is 22.2 Å². The van der Waals surface area contributed by atoms with Gasteiger partial charge in [0.25, 0.3) is 10.2 Å². The van der Waals surface area contributed by atoms with Crippen LogP contribution in [0.4, 0.5) is 4.79 Å². The van der Waals surface area contributed by atoms with Crippen LogP contribution in [-0.2, 0) is 21.6 Å². The fourth-order valence-electron chi connectivity index (χ4n) is 3.79. The molecule has 0 spiro atoms. The van der Waals surface area contributed by atoms with Crippen molar-refractivity contribution >= 4 is 27.3 Å². The Morgan fingerprint density at radius 3 is 2.56 bits per heavy atom. The standard InChI is InChI=1S/C25H28N6O4S/c26-36(33,34)28-13-5-4-8-22(31-25(32)35-17-18-6-2-1-3-7-18)24-29-21-10-9-20(16-23(21)30-24)19-11-14-27-15-12-19/h1-3,6-7,9-12,14-16,22,28H,4-5,8,13,17H2,(H,29,30)(H,31,32)(H2,26,33,34)/t22-/m0/s1. The van der Waals surface area contributed by atoms with Crippen LogP contribution >= 0.6 is 0 Å². The Labute approximate surface area is 209 Å². The van der Waals surface area contributed by atoms with Gasteiger partial charge in [-0.05, 0) is 60.2 Å². The van der Waals surface area contributed by atoms with Gasteiger partial charge >= 0.3 is 6.09 Å². The number of rotatable bonds is 11. The van der Waals surface area contributed by atoms with E-state index in [1.54, 1.807) is 12.4 Å². The van der Waals surface area contributed by atoms with E-state index in [4.69, 9.17) is 14.9 Å². The molecular weight excluding hydrogens is 480 g/mol. The number of unbranched alkanes of at least 4 members (excludes halogenated alkanes) is 1.